The molecule has 1 aliphatic heterocycles. The Kier molecular flexibility index (Phi) is 8.36. The average Bonchev–Trinajstić information content (AvgIpc) is 3.43. The molecule has 1 saturated heterocycles. The number of hydrogen-bond donors (Lipinski definition) is 2. The Morgan fingerprint density at radius 2 is 2.00 bits per heavy atom. The molecule has 0 bridgehead atoms. The molecule has 3 aromatic heterocycles. The van der Waals surface area contributed by atoms with Gasteiger partial charge in [-0.2, -0.15) is 13.9 Å². The summed E-state index contributed by atoms with van der Waals surface area (Å²) in [5, 5.41) is 6.95. The first-order valence-electron chi connectivity index (χ1n) is 13.2. The number of benzene rings is 1. The first-order chi connectivity index (χ1) is 19.7. The molecule has 41 heavy (non-hydrogen) atoms. The maximum absolute atomic E-state index is 15.3. The lowest BCUT2D eigenvalue weighted by molar-refractivity contribution is 0.0566. The highest BCUT2D eigenvalue weighted by Gasteiger charge is 2.23. The van der Waals surface area contributed by atoms with Crippen molar-refractivity contribution in [2.45, 2.75) is 32.0 Å². The SMILES string of the molecule is COc1cc(CN(C)C)cc(F)c1-c1nccc(Nc2cc(N3CCC[C@H](N)C3)c(-c3cnn(C(F)F)c3)cn2)n1. The van der Waals surface area contributed by atoms with Crippen molar-refractivity contribution in [1.29, 1.82) is 0 Å². The molecule has 216 valence electrons. The van der Waals surface area contributed by atoms with E-state index in [2.05, 4.69) is 30.3 Å². The number of alkyl halides is 2. The maximum atomic E-state index is 15.3. The van der Waals surface area contributed by atoms with Crippen LogP contribution >= 0.6 is 0 Å². The number of nitrogens with two attached hydrogens (primary N) is 1. The third kappa shape index (κ3) is 6.41. The Morgan fingerprint density at radius 3 is 2.71 bits per heavy atom. The van der Waals surface area contributed by atoms with Crippen LogP contribution in [0.2, 0.25) is 0 Å². The van der Waals surface area contributed by atoms with Gasteiger partial charge in [-0.1, -0.05) is 0 Å². The molecule has 1 fully saturated rings. The lowest BCUT2D eigenvalue weighted by atomic mass is 10.0. The minimum absolute atomic E-state index is 0.0108. The summed E-state index contributed by atoms with van der Waals surface area (Å²) in [5.41, 5.74) is 9.12. The predicted molar refractivity (Wildman–Crippen MR) is 151 cm³/mol. The van der Waals surface area contributed by atoms with Gasteiger partial charge in [-0.25, -0.2) is 24.0 Å². The van der Waals surface area contributed by atoms with Gasteiger partial charge in [0.25, 0.3) is 0 Å². The van der Waals surface area contributed by atoms with Crippen molar-refractivity contribution in [3.05, 3.63) is 60.4 Å². The van der Waals surface area contributed by atoms with Gasteiger partial charge in [0, 0.05) is 67.1 Å². The van der Waals surface area contributed by atoms with E-state index in [9.17, 15) is 8.78 Å². The number of methoxy groups -OCH3 is 1. The number of nitrogens with one attached hydrogen (secondary N) is 1. The van der Waals surface area contributed by atoms with E-state index in [1.165, 1.54) is 31.8 Å². The fourth-order valence-corrected chi connectivity index (χ4v) is 4.96. The van der Waals surface area contributed by atoms with Gasteiger partial charge in [0.05, 0.1) is 18.9 Å². The smallest absolute Gasteiger partial charge is 0.333 e. The highest BCUT2D eigenvalue weighted by molar-refractivity contribution is 5.80. The molecule has 0 saturated carbocycles. The quantitative estimate of drug-likeness (QED) is 0.298. The van der Waals surface area contributed by atoms with E-state index in [0.717, 1.165) is 30.6 Å². The van der Waals surface area contributed by atoms with Crippen molar-refractivity contribution >= 4 is 17.3 Å². The summed E-state index contributed by atoms with van der Waals surface area (Å²) >= 11 is 0. The first-order valence-corrected chi connectivity index (χ1v) is 13.2. The number of nitrogens with zero attached hydrogens (tertiary/aromatic N) is 7. The van der Waals surface area contributed by atoms with E-state index >= 15 is 4.39 Å². The van der Waals surface area contributed by atoms with Crippen LogP contribution in [0.15, 0.2) is 49.1 Å². The molecule has 0 aliphatic carbocycles. The third-order valence-electron chi connectivity index (χ3n) is 6.76. The van der Waals surface area contributed by atoms with E-state index in [-0.39, 0.29) is 17.4 Å². The van der Waals surface area contributed by atoms with Gasteiger partial charge < -0.3 is 25.6 Å². The molecular formula is C28H32F3N9O. The molecule has 13 heteroatoms. The topological polar surface area (TPSA) is 110 Å². The number of hydrogen-bond acceptors (Lipinski definition) is 9. The Hall–Kier alpha value is -4.23. The summed E-state index contributed by atoms with van der Waals surface area (Å²) in [6.45, 7) is -0.831. The van der Waals surface area contributed by atoms with Crippen molar-refractivity contribution in [2.24, 2.45) is 5.73 Å². The molecule has 0 radical (unpaired) electrons. The fraction of sp³-hybridized carbons (Fsp3) is 0.357. The standard InChI is InChI=1S/C28H32F3N9O/c1-38(2)14-17-9-21(29)26(23(10-17)41-3)27-33-7-6-24(37-27)36-25-11-22(39-8-4-5-19(32)16-39)20(13-34-25)18-12-35-40(15-18)28(30)31/h6-7,9-13,15,19,28H,4-5,8,14,16,32H2,1-3H3,(H,33,34,36,37)/t19-/m0/s1. The maximum Gasteiger partial charge on any atom is 0.333 e. The molecule has 1 aromatic carbocycles. The number of anilines is 3. The second kappa shape index (κ2) is 12.1. The summed E-state index contributed by atoms with van der Waals surface area (Å²) in [4.78, 5) is 17.4. The number of pyridine rings is 1. The summed E-state index contributed by atoms with van der Waals surface area (Å²) in [7, 11) is 5.28. The summed E-state index contributed by atoms with van der Waals surface area (Å²) in [6, 6.07) is 6.68. The van der Waals surface area contributed by atoms with Crippen LogP contribution < -0.4 is 20.7 Å². The molecule has 10 nitrogen and oxygen atoms in total. The van der Waals surface area contributed by atoms with Crippen LogP contribution in [0.3, 0.4) is 0 Å². The predicted octanol–water partition coefficient (Wildman–Crippen LogP) is 4.68. The highest BCUT2D eigenvalue weighted by atomic mass is 19.3. The molecule has 0 unspecified atom stereocenters. The lowest BCUT2D eigenvalue weighted by Crippen LogP contribution is -2.43. The van der Waals surface area contributed by atoms with Crippen LogP contribution in [-0.2, 0) is 6.54 Å². The van der Waals surface area contributed by atoms with Crippen LogP contribution in [0, 0.1) is 5.82 Å². The van der Waals surface area contributed by atoms with E-state index in [1.807, 2.05) is 25.1 Å². The average molecular weight is 568 g/mol. The number of rotatable bonds is 9. The highest BCUT2D eigenvalue weighted by Crippen LogP contribution is 2.36. The van der Waals surface area contributed by atoms with Crippen molar-refractivity contribution < 1.29 is 17.9 Å². The van der Waals surface area contributed by atoms with Gasteiger partial charge in [0.1, 0.15) is 23.2 Å². The van der Waals surface area contributed by atoms with Gasteiger partial charge in [-0.15, -0.1) is 0 Å². The van der Waals surface area contributed by atoms with Crippen LogP contribution in [0.4, 0.5) is 30.5 Å². The van der Waals surface area contributed by atoms with E-state index in [4.69, 9.17) is 10.5 Å². The summed E-state index contributed by atoms with van der Waals surface area (Å²) in [5.74, 6) is 0.839. The van der Waals surface area contributed by atoms with E-state index in [1.54, 1.807) is 18.3 Å². The Morgan fingerprint density at radius 1 is 1.17 bits per heavy atom. The van der Waals surface area contributed by atoms with E-state index in [0.29, 0.717) is 46.3 Å². The Balaban J connectivity index is 1.48. The van der Waals surface area contributed by atoms with Gasteiger partial charge in [-0.3, -0.25) is 0 Å². The van der Waals surface area contributed by atoms with Crippen molar-refractivity contribution in [3.8, 4) is 28.3 Å². The number of aromatic nitrogens is 5. The van der Waals surface area contributed by atoms with Crippen molar-refractivity contribution in [1.82, 2.24) is 29.6 Å². The van der Waals surface area contributed by atoms with Crippen molar-refractivity contribution in [3.63, 3.8) is 0 Å². The zero-order valence-electron chi connectivity index (χ0n) is 23.1. The summed E-state index contributed by atoms with van der Waals surface area (Å²) < 4.78 is 47.8. The van der Waals surface area contributed by atoms with Gasteiger partial charge in [0.2, 0.25) is 0 Å². The normalized spacial score (nSPS) is 15.5. The van der Waals surface area contributed by atoms with Gasteiger partial charge >= 0.3 is 6.55 Å². The molecule has 1 aliphatic rings. The number of halogens is 3. The fourth-order valence-electron chi connectivity index (χ4n) is 4.96. The molecule has 0 spiro atoms. The van der Waals surface area contributed by atoms with E-state index < -0.39 is 12.4 Å². The second-order valence-corrected chi connectivity index (χ2v) is 10.2. The third-order valence-corrected chi connectivity index (χ3v) is 6.76. The molecule has 5 rings (SSSR count). The zero-order chi connectivity index (χ0) is 29.1. The van der Waals surface area contributed by atoms with Gasteiger partial charge in [-0.05, 0) is 50.7 Å². The lowest BCUT2D eigenvalue weighted by Gasteiger charge is -2.34. The van der Waals surface area contributed by atoms with Crippen LogP contribution in [0.5, 0.6) is 5.75 Å². The second-order valence-electron chi connectivity index (χ2n) is 10.2. The molecule has 3 N–H and O–H groups in total. The Bertz CT molecular complexity index is 1510. The molecule has 4 heterocycles. The van der Waals surface area contributed by atoms with Gasteiger partial charge in [0.15, 0.2) is 5.82 Å². The molecule has 1 atom stereocenters. The largest absolute Gasteiger partial charge is 0.496 e. The minimum Gasteiger partial charge on any atom is -0.496 e. The number of piperidine rings is 1. The molecule has 4 aromatic rings. The van der Waals surface area contributed by atoms with Crippen LogP contribution in [-0.4, -0.2) is 70.0 Å². The first kappa shape index (κ1) is 28.3. The summed E-state index contributed by atoms with van der Waals surface area (Å²) in [6.07, 6.45) is 7.63. The van der Waals surface area contributed by atoms with Crippen LogP contribution in [0.25, 0.3) is 22.5 Å². The van der Waals surface area contributed by atoms with Crippen molar-refractivity contribution in [2.75, 3.05) is 44.5 Å². The van der Waals surface area contributed by atoms with Crippen LogP contribution in [0.1, 0.15) is 25.0 Å². The Labute approximate surface area is 236 Å². The number of ether oxygens (including phenoxy) is 1. The minimum atomic E-state index is -2.75. The molecule has 0 amide bonds. The molecular weight excluding hydrogens is 535 g/mol. The monoisotopic (exact) mass is 567 g/mol. The zero-order valence-corrected chi connectivity index (χ0v) is 23.1.